The van der Waals surface area contributed by atoms with E-state index in [1.807, 2.05) is 71.4 Å². The zero-order valence-corrected chi connectivity index (χ0v) is 15.5. The van der Waals surface area contributed by atoms with Gasteiger partial charge in [-0.05, 0) is 49.2 Å². The summed E-state index contributed by atoms with van der Waals surface area (Å²) >= 11 is 0. The van der Waals surface area contributed by atoms with Gasteiger partial charge >= 0.3 is 0 Å². The van der Waals surface area contributed by atoms with Gasteiger partial charge in [-0.15, -0.1) is 0 Å². The smallest absolute Gasteiger partial charge is 0.128 e. The highest BCUT2D eigenvalue weighted by Crippen LogP contribution is 2.22. The first kappa shape index (κ1) is 17.3. The van der Waals surface area contributed by atoms with Crippen molar-refractivity contribution in [1.82, 2.24) is 8.80 Å². The largest absolute Gasteiger partial charge is 0.307 e. The summed E-state index contributed by atoms with van der Waals surface area (Å²) < 4.78 is 3.70. The second-order valence-corrected chi connectivity index (χ2v) is 6.40. The van der Waals surface area contributed by atoms with Crippen molar-refractivity contribution in [2.24, 2.45) is 10.2 Å². The van der Waals surface area contributed by atoms with Crippen molar-refractivity contribution < 1.29 is 0 Å². The molecular formula is C22H16N6. The normalized spacial score (nSPS) is 11.6. The molecule has 0 N–H and O–H groups in total. The summed E-state index contributed by atoms with van der Waals surface area (Å²) in [6.45, 7) is 3.81. The van der Waals surface area contributed by atoms with Gasteiger partial charge in [0.25, 0.3) is 0 Å². The van der Waals surface area contributed by atoms with E-state index in [0.29, 0.717) is 11.4 Å². The van der Waals surface area contributed by atoms with Crippen molar-refractivity contribution in [1.29, 1.82) is 10.5 Å². The quantitative estimate of drug-likeness (QED) is 0.407. The Morgan fingerprint density at radius 3 is 1.57 bits per heavy atom. The molecule has 0 fully saturated rings. The first-order valence-electron chi connectivity index (χ1n) is 8.73. The Balaban J connectivity index is 1.74. The van der Waals surface area contributed by atoms with Crippen molar-refractivity contribution in [2.45, 2.75) is 13.8 Å². The fourth-order valence-electron chi connectivity index (χ4n) is 3.50. The lowest BCUT2D eigenvalue weighted by atomic mass is 10.1. The third kappa shape index (κ3) is 2.56. The molecule has 0 radical (unpaired) electrons. The van der Waals surface area contributed by atoms with E-state index in [1.165, 1.54) is 0 Å². The number of fused-ring (bicyclic) bond motifs is 2. The molecule has 0 aromatic carbocycles. The summed E-state index contributed by atoms with van der Waals surface area (Å²) in [6, 6.07) is 16.0. The van der Waals surface area contributed by atoms with Gasteiger partial charge in [0.05, 0.1) is 23.5 Å². The first-order valence-corrected chi connectivity index (χ1v) is 8.73. The first-order chi connectivity index (χ1) is 13.7. The van der Waals surface area contributed by atoms with Gasteiger partial charge in [0, 0.05) is 23.5 Å². The van der Waals surface area contributed by atoms with Crippen LogP contribution in [0.5, 0.6) is 0 Å². The van der Waals surface area contributed by atoms with Crippen molar-refractivity contribution in [2.75, 3.05) is 0 Å². The Bertz CT molecular complexity index is 1250. The summed E-state index contributed by atoms with van der Waals surface area (Å²) in [6.07, 6.45) is 7.06. The standard InChI is InChI=1S/C22H16N6/c1-15-17(19-7-3-5-9-27(19)21(15)11-23)13-25-26-14-18-16(2)22(12-24)28-10-6-4-8-20(18)28/h3-10,13-14H,1-2H3/b25-13-,26-14-. The van der Waals surface area contributed by atoms with E-state index >= 15 is 0 Å². The molecule has 0 spiro atoms. The number of rotatable bonds is 3. The number of hydrogen-bond donors (Lipinski definition) is 0. The number of nitriles is 2. The highest BCUT2D eigenvalue weighted by atomic mass is 15.2. The van der Waals surface area contributed by atoms with Crippen LogP contribution in [0.25, 0.3) is 11.0 Å². The molecule has 0 saturated heterocycles. The van der Waals surface area contributed by atoms with Gasteiger partial charge in [-0.3, -0.25) is 0 Å². The molecule has 4 rings (SSSR count). The maximum absolute atomic E-state index is 9.43. The molecule has 0 bridgehead atoms. The van der Waals surface area contributed by atoms with Crippen LogP contribution in [0.1, 0.15) is 33.6 Å². The van der Waals surface area contributed by atoms with Gasteiger partial charge in [-0.25, -0.2) is 0 Å². The Morgan fingerprint density at radius 1 is 0.750 bits per heavy atom. The molecule has 0 atom stereocenters. The van der Waals surface area contributed by atoms with Gasteiger partial charge in [-0.1, -0.05) is 12.1 Å². The lowest BCUT2D eigenvalue weighted by Crippen LogP contribution is -1.86. The Hall–Kier alpha value is -4.16. The van der Waals surface area contributed by atoms with Gasteiger partial charge in [0.1, 0.15) is 23.5 Å². The lowest BCUT2D eigenvalue weighted by molar-refractivity contribution is 1.14. The van der Waals surface area contributed by atoms with Gasteiger partial charge < -0.3 is 8.80 Å². The monoisotopic (exact) mass is 364 g/mol. The third-order valence-electron chi connectivity index (χ3n) is 4.92. The molecule has 0 aliphatic rings. The predicted octanol–water partition coefficient (Wildman–Crippen LogP) is 4.01. The van der Waals surface area contributed by atoms with E-state index in [9.17, 15) is 10.5 Å². The van der Waals surface area contributed by atoms with Gasteiger partial charge in [-0.2, -0.15) is 20.7 Å². The molecule has 6 heteroatoms. The molecule has 6 nitrogen and oxygen atoms in total. The van der Waals surface area contributed by atoms with Crippen molar-refractivity contribution in [3.63, 3.8) is 0 Å². The number of aromatic nitrogens is 2. The molecule has 4 heterocycles. The summed E-state index contributed by atoms with van der Waals surface area (Å²) in [5.74, 6) is 0. The van der Waals surface area contributed by atoms with Crippen LogP contribution in [-0.2, 0) is 0 Å². The van der Waals surface area contributed by atoms with Crippen LogP contribution in [0, 0.1) is 36.5 Å². The van der Waals surface area contributed by atoms with Crippen LogP contribution < -0.4 is 0 Å². The van der Waals surface area contributed by atoms with Crippen LogP contribution in [0.4, 0.5) is 0 Å². The topological polar surface area (TPSA) is 81.1 Å². The molecule has 28 heavy (non-hydrogen) atoms. The molecule has 4 aromatic heterocycles. The SMILES string of the molecule is Cc1c(/C=N\N=C/c2c(C)c(C#N)n3ccccc23)c2ccccn2c1C#N. The Labute approximate surface area is 161 Å². The molecule has 4 aromatic rings. The molecule has 0 saturated carbocycles. The van der Waals surface area contributed by atoms with Gasteiger partial charge in [0.15, 0.2) is 0 Å². The van der Waals surface area contributed by atoms with Crippen molar-refractivity contribution >= 4 is 23.5 Å². The molecule has 0 amide bonds. The molecular weight excluding hydrogens is 348 g/mol. The minimum Gasteiger partial charge on any atom is -0.307 e. The fraction of sp³-hybridized carbons (Fsp3) is 0.0909. The number of nitrogens with zero attached hydrogens (tertiary/aromatic N) is 6. The maximum atomic E-state index is 9.43. The van der Waals surface area contributed by atoms with Crippen LogP contribution >= 0.6 is 0 Å². The third-order valence-corrected chi connectivity index (χ3v) is 4.92. The maximum Gasteiger partial charge on any atom is 0.128 e. The van der Waals surface area contributed by atoms with Gasteiger partial charge in [0.2, 0.25) is 0 Å². The summed E-state index contributed by atoms with van der Waals surface area (Å²) in [7, 11) is 0. The van der Waals surface area contributed by atoms with Crippen LogP contribution in [0.3, 0.4) is 0 Å². The highest BCUT2D eigenvalue weighted by molar-refractivity contribution is 5.95. The van der Waals surface area contributed by atoms with E-state index in [2.05, 4.69) is 22.3 Å². The van der Waals surface area contributed by atoms with E-state index < -0.39 is 0 Å². The highest BCUT2D eigenvalue weighted by Gasteiger charge is 2.13. The average molecular weight is 364 g/mol. The summed E-state index contributed by atoms with van der Waals surface area (Å²) in [5, 5.41) is 27.3. The van der Waals surface area contributed by atoms with Crippen LogP contribution in [-0.4, -0.2) is 21.2 Å². The Morgan fingerprint density at radius 2 is 1.18 bits per heavy atom. The van der Waals surface area contributed by atoms with E-state index in [-0.39, 0.29) is 0 Å². The van der Waals surface area contributed by atoms with Crippen LogP contribution in [0.15, 0.2) is 59.0 Å². The molecule has 0 aliphatic heterocycles. The van der Waals surface area contributed by atoms with E-state index in [4.69, 9.17) is 0 Å². The van der Waals surface area contributed by atoms with Crippen molar-refractivity contribution in [3.05, 3.63) is 82.4 Å². The number of pyridine rings is 2. The minimum atomic E-state index is 0.592. The lowest BCUT2D eigenvalue weighted by Gasteiger charge is -1.95. The van der Waals surface area contributed by atoms with Crippen LogP contribution in [0.2, 0.25) is 0 Å². The zero-order chi connectivity index (χ0) is 19.7. The van der Waals surface area contributed by atoms with E-state index in [0.717, 1.165) is 33.3 Å². The molecule has 0 unspecified atom stereocenters. The fourth-order valence-corrected chi connectivity index (χ4v) is 3.50. The Kier molecular flexibility index (Phi) is 4.23. The molecule has 134 valence electrons. The number of hydrogen-bond acceptors (Lipinski definition) is 4. The predicted molar refractivity (Wildman–Crippen MR) is 109 cm³/mol. The zero-order valence-electron chi connectivity index (χ0n) is 15.5. The molecule has 0 aliphatic carbocycles. The second-order valence-electron chi connectivity index (χ2n) is 6.40. The second kappa shape index (κ2) is 6.86. The summed E-state index contributed by atoms with van der Waals surface area (Å²) in [4.78, 5) is 0. The summed E-state index contributed by atoms with van der Waals surface area (Å²) in [5.41, 5.74) is 6.47. The van der Waals surface area contributed by atoms with Crippen molar-refractivity contribution in [3.8, 4) is 12.1 Å². The van der Waals surface area contributed by atoms with E-state index in [1.54, 1.807) is 12.4 Å². The minimum absolute atomic E-state index is 0.592. The average Bonchev–Trinajstić information content (AvgIpc) is 3.15.